The van der Waals surface area contributed by atoms with E-state index in [1.165, 1.54) is 18.4 Å². The summed E-state index contributed by atoms with van der Waals surface area (Å²) in [4.78, 5) is 21.8. The van der Waals surface area contributed by atoms with E-state index in [0.717, 1.165) is 93.8 Å². The van der Waals surface area contributed by atoms with Crippen molar-refractivity contribution in [2.24, 2.45) is 5.73 Å². The van der Waals surface area contributed by atoms with Crippen molar-refractivity contribution in [3.8, 4) is 11.1 Å². The number of anilines is 3. The first-order chi connectivity index (χ1) is 19.1. The highest BCUT2D eigenvalue weighted by Gasteiger charge is 2.48. The number of nitrogens with one attached hydrogen (secondary N) is 2. The second-order valence-electron chi connectivity index (χ2n) is 11.8. The fourth-order valence-corrected chi connectivity index (χ4v) is 6.64. The largest absolute Gasteiger partial charge is 0.340 e. The minimum absolute atomic E-state index is 0.162. The van der Waals surface area contributed by atoms with Gasteiger partial charge in [0.05, 0.1) is 0 Å². The van der Waals surface area contributed by atoms with Gasteiger partial charge < -0.3 is 21.3 Å². The molecular formula is C30H39N9. The number of hydrogen-bond donors (Lipinski definition) is 3. The van der Waals surface area contributed by atoms with Gasteiger partial charge in [-0.3, -0.25) is 9.80 Å². The van der Waals surface area contributed by atoms with Crippen molar-refractivity contribution in [3.05, 3.63) is 60.6 Å². The average Bonchev–Trinajstić information content (AvgIpc) is 3.66. The Balaban J connectivity index is 1.16. The van der Waals surface area contributed by atoms with Crippen molar-refractivity contribution in [1.82, 2.24) is 30.1 Å². The molecule has 8 heterocycles. The van der Waals surface area contributed by atoms with Gasteiger partial charge in [0, 0.05) is 93.3 Å². The van der Waals surface area contributed by atoms with Crippen LogP contribution in [0.15, 0.2) is 55.0 Å². The average molecular weight is 526 g/mol. The van der Waals surface area contributed by atoms with Crippen LogP contribution in [0.2, 0.25) is 0 Å². The number of aromatic nitrogens is 3. The lowest BCUT2D eigenvalue weighted by atomic mass is 10.1. The molecule has 39 heavy (non-hydrogen) atoms. The number of nitrogens with zero attached hydrogens (tertiary/aromatic N) is 6. The SMILES string of the molecule is NC1CC2CCNCC3(CC3)N3CCN(CC3)Cc3cccc(c3)Nc3cc(ccn3)-c3cnc(nc3)N2C1. The molecule has 3 fully saturated rings. The van der Waals surface area contributed by atoms with Gasteiger partial charge in [0.25, 0.3) is 0 Å². The number of pyridine rings is 1. The minimum atomic E-state index is 0.162. The van der Waals surface area contributed by atoms with Crippen molar-refractivity contribution in [3.63, 3.8) is 0 Å². The van der Waals surface area contributed by atoms with Gasteiger partial charge in [-0.15, -0.1) is 0 Å². The molecule has 1 saturated carbocycles. The van der Waals surface area contributed by atoms with Crippen LogP contribution in [0.1, 0.15) is 31.2 Å². The smallest absolute Gasteiger partial charge is 0.225 e. The lowest BCUT2D eigenvalue weighted by Gasteiger charge is -2.40. The summed E-state index contributed by atoms with van der Waals surface area (Å²) in [5.41, 5.74) is 11.2. The Hall–Kier alpha value is -3.11. The van der Waals surface area contributed by atoms with Crippen LogP contribution < -0.4 is 21.3 Å². The fraction of sp³-hybridized carbons (Fsp3) is 0.500. The van der Waals surface area contributed by atoms with E-state index in [2.05, 4.69) is 60.6 Å². The van der Waals surface area contributed by atoms with Crippen molar-refractivity contribution < 1.29 is 0 Å². The normalized spacial score (nSPS) is 28.2. The van der Waals surface area contributed by atoms with Crippen LogP contribution in [0.4, 0.5) is 17.5 Å². The molecule has 4 N–H and O–H groups in total. The molecule has 2 unspecified atom stereocenters. The Morgan fingerprint density at radius 2 is 1.79 bits per heavy atom. The summed E-state index contributed by atoms with van der Waals surface area (Å²) in [7, 11) is 0. The van der Waals surface area contributed by atoms with Crippen LogP contribution in [0, 0.1) is 0 Å². The van der Waals surface area contributed by atoms with E-state index < -0.39 is 0 Å². The Morgan fingerprint density at radius 3 is 2.62 bits per heavy atom. The van der Waals surface area contributed by atoms with Gasteiger partial charge in [0.2, 0.25) is 5.95 Å². The van der Waals surface area contributed by atoms with Gasteiger partial charge in [-0.25, -0.2) is 15.0 Å². The van der Waals surface area contributed by atoms with E-state index in [1.54, 1.807) is 0 Å². The monoisotopic (exact) mass is 525 g/mol. The maximum absolute atomic E-state index is 6.41. The van der Waals surface area contributed by atoms with Gasteiger partial charge in [-0.2, -0.15) is 0 Å². The minimum Gasteiger partial charge on any atom is -0.340 e. The maximum atomic E-state index is 6.41. The first kappa shape index (κ1) is 24.9. The molecule has 2 atom stereocenters. The standard InChI is InChI=1S/C30H39N9/c31-25-16-27-5-8-32-21-30(6-7-30)38-12-10-37(11-13-38)19-22-2-1-3-26(14-22)36-28-15-23(4-9-33-28)24-17-34-29(35-18-24)39(27)20-25/h1-4,9,14-15,17-18,25,27,32H,5-8,10-13,16,19-21,31H2,(H,33,36). The van der Waals surface area contributed by atoms with E-state index >= 15 is 0 Å². The van der Waals surface area contributed by atoms with E-state index in [9.17, 15) is 0 Å². The maximum Gasteiger partial charge on any atom is 0.225 e. The predicted octanol–water partition coefficient (Wildman–Crippen LogP) is 2.83. The summed E-state index contributed by atoms with van der Waals surface area (Å²) in [6.45, 7) is 8.40. The third kappa shape index (κ3) is 5.36. The van der Waals surface area contributed by atoms with Crippen LogP contribution in [-0.2, 0) is 6.54 Å². The molecule has 1 aromatic carbocycles. The molecule has 8 bridgehead atoms. The van der Waals surface area contributed by atoms with E-state index in [1.807, 2.05) is 24.7 Å². The molecule has 10 rings (SSSR count). The van der Waals surface area contributed by atoms with E-state index in [4.69, 9.17) is 15.7 Å². The molecule has 0 amide bonds. The lowest BCUT2D eigenvalue weighted by Crippen LogP contribution is -2.54. The molecule has 1 aliphatic carbocycles. The van der Waals surface area contributed by atoms with Crippen molar-refractivity contribution >= 4 is 17.5 Å². The Bertz CT molecular complexity index is 1280. The van der Waals surface area contributed by atoms with Crippen LogP contribution in [0.25, 0.3) is 11.1 Å². The zero-order valence-electron chi connectivity index (χ0n) is 22.6. The number of hydrogen-bond acceptors (Lipinski definition) is 9. The number of benzene rings is 1. The van der Waals surface area contributed by atoms with Crippen LogP contribution in [-0.4, -0.2) is 88.2 Å². The fourth-order valence-electron chi connectivity index (χ4n) is 6.64. The van der Waals surface area contributed by atoms with Crippen molar-refractivity contribution in [1.29, 1.82) is 0 Å². The number of rotatable bonds is 0. The van der Waals surface area contributed by atoms with Gasteiger partial charge in [-0.05, 0) is 67.6 Å². The number of piperazine rings is 1. The molecule has 1 spiro atoms. The zero-order valence-corrected chi connectivity index (χ0v) is 22.6. The van der Waals surface area contributed by atoms with Crippen LogP contribution >= 0.6 is 0 Å². The summed E-state index contributed by atoms with van der Waals surface area (Å²) < 4.78 is 0. The van der Waals surface area contributed by atoms with Gasteiger partial charge in [-0.1, -0.05) is 12.1 Å². The van der Waals surface area contributed by atoms with Gasteiger partial charge in [0.1, 0.15) is 5.82 Å². The molecular weight excluding hydrogens is 486 g/mol. The molecule has 9 heteroatoms. The quantitative estimate of drug-likeness (QED) is 0.409. The molecule has 3 aromatic rings. The second-order valence-corrected chi connectivity index (χ2v) is 11.8. The number of nitrogens with two attached hydrogens (primary N) is 1. The summed E-state index contributed by atoms with van der Waals surface area (Å²) >= 11 is 0. The summed E-state index contributed by atoms with van der Waals surface area (Å²) in [6.07, 6.45) is 10.3. The van der Waals surface area contributed by atoms with Gasteiger partial charge in [0.15, 0.2) is 0 Å². The molecule has 2 saturated heterocycles. The molecule has 7 aliphatic rings. The van der Waals surface area contributed by atoms with E-state index in [-0.39, 0.29) is 6.04 Å². The lowest BCUT2D eigenvalue weighted by molar-refractivity contribution is 0.0801. The highest BCUT2D eigenvalue weighted by Crippen LogP contribution is 2.41. The zero-order chi connectivity index (χ0) is 26.2. The first-order valence-electron chi connectivity index (χ1n) is 14.5. The highest BCUT2D eigenvalue weighted by atomic mass is 15.3. The summed E-state index contributed by atoms with van der Waals surface area (Å²) in [5.74, 6) is 1.59. The second kappa shape index (κ2) is 10.5. The Labute approximate surface area is 230 Å². The third-order valence-electron chi connectivity index (χ3n) is 9.02. The topological polar surface area (TPSA) is 98.5 Å². The van der Waals surface area contributed by atoms with E-state index in [0.29, 0.717) is 11.6 Å². The van der Waals surface area contributed by atoms with Crippen molar-refractivity contribution in [2.75, 3.05) is 56.0 Å². The van der Waals surface area contributed by atoms with Crippen LogP contribution in [0.5, 0.6) is 0 Å². The van der Waals surface area contributed by atoms with Crippen LogP contribution in [0.3, 0.4) is 0 Å². The molecule has 0 radical (unpaired) electrons. The van der Waals surface area contributed by atoms with Gasteiger partial charge >= 0.3 is 0 Å². The van der Waals surface area contributed by atoms with Crippen molar-refractivity contribution in [2.45, 2.75) is 49.9 Å². The Morgan fingerprint density at radius 1 is 0.949 bits per heavy atom. The molecule has 9 nitrogen and oxygen atoms in total. The highest BCUT2D eigenvalue weighted by molar-refractivity contribution is 5.68. The molecule has 6 aliphatic heterocycles. The molecule has 2 aromatic heterocycles. The molecule has 204 valence electrons. The first-order valence-corrected chi connectivity index (χ1v) is 14.5. The Kier molecular flexibility index (Phi) is 6.68. The summed E-state index contributed by atoms with van der Waals surface area (Å²) in [6, 6.07) is 13.3. The predicted molar refractivity (Wildman–Crippen MR) is 155 cm³/mol. The summed E-state index contributed by atoms with van der Waals surface area (Å²) in [5, 5.41) is 7.32. The third-order valence-corrected chi connectivity index (χ3v) is 9.02.